The van der Waals surface area contributed by atoms with Gasteiger partial charge in [-0.15, -0.1) is 0 Å². The van der Waals surface area contributed by atoms with Gasteiger partial charge in [0.05, 0.1) is 5.69 Å². The van der Waals surface area contributed by atoms with Crippen molar-refractivity contribution in [3.8, 4) is 0 Å². The molecule has 2 rings (SSSR count). The first-order valence-electron chi connectivity index (χ1n) is 6.14. The van der Waals surface area contributed by atoms with E-state index in [4.69, 9.17) is 4.42 Å². The van der Waals surface area contributed by atoms with Crippen LogP contribution in [-0.4, -0.2) is 18.1 Å². The number of oxazole rings is 1. The maximum Gasteiger partial charge on any atom is 0.194 e. The molecule has 1 aromatic rings. The van der Waals surface area contributed by atoms with Crippen LogP contribution in [-0.2, 0) is 11.8 Å². The van der Waals surface area contributed by atoms with Crippen molar-refractivity contribution in [1.29, 1.82) is 0 Å². The van der Waals surface area contributed by atoms with Crippen molar-refractivity contribution in [2.75, 3.05) is 13.1 Å². The minimum atomic E-state index is 0.0831. The van der Waals surface area contributed by atoms with Crippen LogP contribution in [0.3, 0.4) is 0 Å². The molecule has 1 fully saturated rings. The molecule has 0 amide bonds. The molecule has 1 atom stereocenters. The predicted octanol–water partition coefficient (Wildman–Crippen LogP) is 2.43. The SMILES string of the molecule is Cc1oc(CC2CCNC2)nc1C(C)(C)C. The van der Waals surface area contributed by atoms with E-state index in [9.17, 15) is 0 Å². The van der Waals surface area contributed by atoms with Gasteiger partial charge < -0.3 is 9.73 Å². The third-order valence-electron chi connectivity index (χ3n) is 3.18. The summed E-state index contributed by atoms with van der Waals surface area (Å²) in [5.41, 5.74) is 1.19. The van der Waals surface area contributed by atoms with Gasteiger partial charge in [0.2, 0.25) is 0 Å². The summed E-state index contributed by atoms with van der Waals surface area (Å²) in [7, 11) is 0. The molecular weight excluding hydrogens is 200 g/mol. The highest BCUT2D eigenvalue weighted by atomic mass is 16.4. The Morgan fingerprint density at radius 1 is 1.44 bits per heavy atom. The number of hydrogen-bond acceptors (Lipinski definition) is 3. The number of aromatic nitrogens is 1. The minimum absolute atomic E-state index is 0.0831. The fourth-order valence-electron chi connectivity index (χ4n) is 2.37. The van der Waals surface area contributed by atoms with E-state index in [2.05, 4.69) is 31.1 Å². The Kier molecular flexibility index (Phi) is 3.06. The highest BCUT2D eigenvalue weighted by molar-refractivity contribution is 5.17. The van der Waals surface area contributed by atoms with Crippen LogP contribution in [0.1, 0.15) is 44.5 Å². The summed E-state index contributed by atoms with van der Waals surface area (Å²) >= 11 is 0. The summed E-state index contributed by atoms with van der Waals surface area (Å²) < 4.78 is 5.76. The second-order valence-electron chi connectivity index (χ2n) is 5.83. The Morgan fingerprint density at radius 3 is 2.69 bits per heavy atom. The number of aryl methyl sites for hydroxylation is 1. The molecule has 1 aromatic heterocycles. The first-order valence-corrected chi connectivity index (χ1v) is 6.14. The van der Waals surface area contributed by atoms with Crippen LogP contribution in [0.5, 0.6) is 0 Å². The lowest BCUT2D eigenvalue weighted by molar-refractivity contribution is 0.426. The van der Waals surface area contributed by atoms with Crippen molar-refractivity contribution in [3.05, 3.63) is 17.3 Å². The smallest absolute Gasteiger partial charge is 0.194 e. The topological polar surface area (TPSA) is 38.1 Å². The van der Waals surface area contributed by atoms with Gasteiger partial charge in [-0.05, 0) is 32.4 Å². The zero-order valence-corrected chi connectivity index (χ0v) is 10.8. The largest absolute Gasteiger partial charge is 0.446 e. The van der Waals surface area contributed by atoms with Crippen molar-refractivity contribution in [2.24, 2.45) is 5.92 Å². The van der Waals surface area contributed by atoms with Crippen molar-refractivity contribution in [3.63, 3.8) is 0 Å². The molecule has 3 heteroatoms. The molecule has 90 valence electrons. The Hall–Kier alpha value is -0.830. The van der Waals surface area contributed by atoms with Crippen LogP contribution in [0.15, 0.2) is 4.42 Å². The zero-order valence-electron chi connectivity index (χ0n) is 10.8. The molecule has 1 saturated heterocycles. The minimum Gasteiger partial charge on any atom is -0.446 e. The van der Waals surface area contributed by atoms with Gasteiger partial charge in [-0.25, -0.2) is 4.98 Å². The molecule has 0 aliphatic carbocycles. The van der Waals surface area contributed by atoms with Crippen LogP contribution in [0, 0.1) is 12.8 Å². The molecule has 1 aliphatic heterocycles. The number of hydrogen-bond donors (Lipinski definition) is 1. The normalized spacial score (nSPS) is 21.6. The van der Waals surface area contributed by atoms with Crippen LogP contribution >= 0.6 is 0 Å². The highest BCUT2D eigenvalue weighted by Crippen LogP contribution is 2.26. The van der Waals surface area contributed by atoms with E-state index in [-0.39, 0.29) is 5.41 Å². The second-order valence-corrected chi connectivity index (χ2v) is 5.83. The van der Waals surface area contributed by atoms with Crippen LogP contribution < -0.4 is 5.32 Å². The first-order chi connectivity index (χ1) is 7.47. The van der Waals surface area contributed by atoms with Gasteiger partial charge in [-0.2, -0.15) is 0 Å². The van der Waals surface area contributed by atoms with Crippen molar-refractivity contribution in [2.45, 2.75) is 46.0 Å². The average Bonchev–Trinajstić information content (AvgIpc) is 2.74. The molecule has 0 spiro atoms. The third-order valence-corrected chi connectivity index (χ3v) is 3.18. The Morgan fingerprint density at radius 2 is 2.19 bits per heavy atom. The van der Waals surface area contributed by atoms with E-state index < -0.39 is 0 Å². The molecule has 1 unspecified atom stereocenters. The summed E-state index contributed by atoms with van der Waals surface area (Å²) in [4.78, 5) is 4.65. The Bertz CT molecular complexity index is 356. The predicted molar refractivity (Wildman–Crippen MR) is 64.6 cm³/mol. The molecule has 16 heavy (non-hydrogen) atoms. The van der Waals surface area contributed by atoms with E-state index >= 15 is 0 Å². The second kappa shape index (κ2) is 4.21. The third kappa shape index (κ3) is 2.46. The van der Waals surface area contributed by atoms with E-state index in [1.165, 1.54) is 6.42 Å². The summed E-state index contributed by atoms with van der Waals surface area (Å²) in [6.45, 7) is 10.8. The molecule has 0 bridgehead atoms. The molecule has 1 aliphatic rings. The number of nitrogens with zero attached hydrogens (tertiary/aromatic N) is 1. The van der Waals surface area contributed by atoms with Crippen molar-refractivity contribution < 1.29 is 4.42 Å². The van der Waals surface area contributed by atoms with Gasteiger partial charge in [-0.1, -0.05) is 20.8 Å². The lowest BCUT2D eigenvalue weighted by Gasteiger charge is -2.14. The summed E-state index contributed by atoms with van der Waals surface area (Å²) in [5, 5.41) is 3.37. The van der Waals surface area contributed by atoms with Gasteiger partial charge >= 0.3 is 0 Å². The van der Waals surface area contributed by atoms with E-state index in [0.717, 1.165) is 36.9 Å². The first kappa shape index (κ1) is 11.6. The summed E-state index contributed by atoms with van der Waals surface area (Å²) in [6.07, 6.45) is 2.22. The molecule has 3 nitrogen and oxygen atoms in total. The van der Waals surface area contributed by atoms with E-state index in [0.29, 0.717) is 5.92 Å². The maximum atomic E-state index is 5.76. The average molecular weight is 222 g/mol. The van der Waals surface area contributed by atoms with Crippen LogP contribution in [0.25, 0.3) is 0 Å². The highest BCUT2D eigenvalue weighted by Gasteiger charge is 2.24. The van der Waals surface area contributed by atoms with Crippen LogP contribution in [0.4, 0.5) is 0 Å². The molecule has 2 heterocycles. The van der Waals surface area contributed by atoms with Gasteiger partial charge in [0.1, 0.15) is 5.76 Å². The Balaban J connectivity index is 2.11. The lowest BCUT2D eigenvalue weighted by atomic mass is 9.91. The molecule has 0 radical (unpaired) electrons. The molecule has 0 aromatic carbocycles. The van der Waals surface area contributed by atoms with Crippen molar-refractivity contribution >= 4 is 0 Å². The van der Waals surface area contributed by atoms with Gasteiger partial charge in [0, 0.05) is 11.8 Å². The fourth-order valence-corrected chi connectivity index (χ4v) is 2.37. The van der Waals surface area contributed by atoms with E-state index in [1.54, 1.807) is 0 Å². The standard InChI is InChI=1S/C13H22N2O/c1-9-12(13(2,3)4)15-11(16-9)7-10-5-6-14-8-10/h10,14H,5-8H2,1-4H3. The lowest BCUT2D eigenvalue weighted by Crippen LogP contribution is -2.14. The monoisotopic (exact) mass is 222 g/mol. The molecule has 0 saturated carbocycles. The maximum absolute atomic E-state index is 5.76. The number of nitrogens with one attached hydrogen (secondary N) is 1. The summed E-state index contributed by atoms with van der Waals surface area (Å²) in [5.74, 6) is 2.59. The van der Waals surface area contributed by atoms with Gasteiger partial charge in [-0.3, -0.25) is 0 Å². The number of rotatable bonds is 2. The molecular formula is C13H22N2O. The van der Waals surface area contributed by atoms with Crippen molar-refractivity contribution in [1.82, 2.24) is 10.3 Å². The fraction of sp³-hybridized carbons (Fsp3) is 0.769. The molecule has 1 N–H and O–H groups in total. The van der Waals surface area contributed by atoms with Gasteiger partial charge in [0.15, 0.2) is 5.89 Å². The Labute approximate surface area is 97.6 Å². The van der Waals surface area contributed by atoms with E-state index in [1.807, 2.05) is 6.92 Å². The van der Waals surface area contributed by atoms with Gasteiger partial charge in [0.25, 0.3) is 0 Å². The quantitative estimate of drug-likeness (QED) is 0.835. The zero-order chi connectivity index (χ0) is 11.8. The summed E-state index contributed by atoms with van der Waals surface area (Å²) in [6, 6.07) is 0. The van der Waals surface area contributed by atoms with Crippen LogP contribution in [0.2, 0.25) is 0 Å².